The predicted octanol–water partition coefficient (Wildman–Crippen LogP) is 2.01. The normalized spacial score (nSPS) is 19.6. The lowest BCUT2D eigenvalue weighted by atomic mass is 9.97. The molecule has 1 heterocycles. The molecule has 150 valence electrons. The van der Waals surface area contributed by atoms with Crippen LogP contribution in [0.5, 0.6) is 0 Å². The Morgan fingerprint density at radius 2 is 1.89 bits per heavy atom. The van der Waals surface area contributed by atoms with Crippen LogP contribution in [0.15, 0.2) is 29.2 Å². The zero-order chi connectivity index (χ0) is 20.2. The summed E-state index contributed by atoms with van der Waals surface area (Å²) in [6, 6.07) is 5.66. The van der Waals surface area contributed by atoms with Crippen molar-refractivity contribution in [2.45, 2.75) is 51.0 Å². The number of piperidine rings is 1. The number of rotatable bonds is 7. The molecule has 2 N–H and O–H groups in total. The Morgan fingerprint density at radius 1 is 1.26 bits per heavy atom. The molecule has 2 atom stereocenters. The first-order chi connectivity index (χ1) is 12.6. The molecule has 2 unspecified atom stereocenters. The Labute approximate surface area is 160 Å². The number of amides is 1. The summed E-state index contributed by atoms with van der Waals surface area (Å²) in [6.45, 7) is 6.08. The van der Waals surface area contributed by atoms with Crippen LogP contribution >= 0.6 is 0 Å². The van der Waals surface area contributed by atoms with Crippen molar-refractivity contribution in [3.05, 3.63) is 29.8 Å². The van der Waals surface area contributed by atoms with Crippen molar-refractivity contribution in [2.75, 3.05) is 13.1 Å². The molecule has 27 heavy (non-hydrogen) atoms. The Bertz CT molecular complexity index is 774. The summed E-state index contributed by atoms with van der Waals surface area (Å²) >= 11 is 0. The van der Waals surface area contributed by atoms with Gasteiger partial charge in [0.2, 0.25) is 15.9 Å². The molecule has 0 bridgehead atoms. The second kappa shape index (κ2) is 8.84. The SMILES string of the molecule is Cc1ccc(S(=O)(=O)N2CCCC(C(=O)NC(CC(C)C)C(=O)O)C2)cc1. The second-order valence-electron chi connectivity index (χ2n) is 7.54. The smallest absolute Gasteiger partial charge is 0.326 e. The van der Waals surface area contributed by atoms with Crippen LogP contribution in [0.25, 0.3) is 0 Å². The van der Waals surface area contributed by atoms with Gasteiger partial charge < -0.3 is 10.4 Å². The summed E-state index contributed by atoms with van der Waals surface area (Å²) in [7, 11) is -3.67. The van der Waals surface area contributed by atoms with Crippen LogP contribution in [-0.4, -0.2) is 48.8 Å². The van der Waals surface area contributed by atoms with Gasteiger partial charge in [0.1, 0.15) is 6.04 Å². The van der Waals surface area contributed by atoms with Gasteiger partial charge >= 0.3 is 5.97 Å². The van der Waals surface area contributed by atoms with E-state index in [0.717, 1.165) is 5.56 Å². The molecule has 0 aliphatic carbocycles. The number of carboxylic acid groups (broad SMARTS) is 1. The van der Waals surface area contributed by atoms with E-state index >= 15 is 0 Å². The molecule has 8 heteroatoms. The Balaban J connectivity index is 2.09. The lowest BCUT2D eigenvalue weighted by Gasteiger charge is -2.32. The van der Waals surface area contributed by atoms with Crippen LogP contribution in [0.3, 0.4) is 0 Å². The lowest BCUT2D eigenvalue weighted by molar-refractivity contribution is -0.143. The van der Waals surface area contributed by atoms with E-state index in [4.69, 9.17) is 0 Å². The summed E-state index contributed by atoms with van der Waals surface area (Å²) in [5.41, 5.74) is 0.967. The minimum Gasteiger partial charge on any atom is -0.480 e. The van der Waals surface area contributed by atoms with E-state index in [0.29, 0.717) is 25.8 Å². The van der Waals surface area contributed by atoms with Gasteiger partial charge in [0, 0.05) is 13.1 Å². The number of hydrogen-bond acceptors (Lipinski definition) is 4. The van der Waals surface area contributed by atoms with Gasteiger partial charge in [-0.25, -0.2) is 13.2 Å². The minimum atomic E-state index is -3.67. The van der Waals surface area contributed by atoms with Crippen molar-refractivity contribution in [1.29, 1.82) is 0 Å². The minimum absolute atomic E-state index is 0.0655. The topological polar surface area (TPSA) is 104 Å². The molecule has 0 radical (unpaired) electrons. The van der Waals surface area contributed by atoms with Crippen LogP contribution in [0.2, 0.25) is 0 Å². The van der Waals surface area contributed by atoms with Gasteiger partial charge in [-0.3, -0.25) is 4.79 Å². The summed E-state index contributed by atoms with van der Waals surface area (Å²) < 4.78 is 27.0. The standard InChI is InChI=1S/C19H28N2O5S/c1-13(2)11-17(19(23)24)20-18(22)15-5-4-10-21(12-15)27(25,26)16-8-6-14(3)7-9-16/h6-9,13,15,17H,4-5,10-12H2,1-3H3,(H,20,22)(H,23,24). The van der Waals surface area contributed by atoms with Gasteiger partial charge in [-0.2, -0.15) is 4.31 Å². The number of aryl methyl sites for hydroxylation is 1. The van der Waals surface area contributed by atoms with Crippen LogP contribution < -0.4 is 5.32 Å². The third-order valence-electron chi connectivity index (χ3n) is 4.74. The Hall–Kier alpha value is -1.93. The Morgan fingerprint density at radius 3 is 2.44 bits per heavy atom. The molecule has 7 nitrogen and oxygen atoms in total. The number of carboxylic acids is 1. The van der Waals surface area contributed by atoms with Crippen molar-refractivity contribution in [3.63, 3.8) is 0 Å². The highest BCUT2D eigenvalue weighted by Crippen LogP contribution is 2.24. The number of sulfonamides is 1. The van der Waals surface area contributed by atoms with Crippen LogP contribution in [0, 0.1) is 18.8 Å². The zero-order valence-electron chi connectivity index (χ0n) is 16.0. The summed E-state index contributed by atoms with van der Waals surface area (Å²) in [5, 5.41) is 11.9. The molecule has 1 saturated heterocycles. The maximum absolute atomic E-state index is 12.8. The molecular formula is C19H28N2O5S. The average Bonchev–Trinajstić information content (AvgIpc) is 2.61. The van der Waals surface area contributed by atoms with E-state index in [-0.39, 0.29) is 17.4 Å². The zero-order valence-corrected chi connectivity index (χ0v) is 16.8. The predicted molar refractivity (Wildman–Crippen MR) is 102 cm³/mol. The fourth-order valence-corrected chi connectivity index (χ4v) is 4.74. The first-order valence-electron chi connectivity index (χ1n) is 9.21. The third-order valence-corrected chi connectivity index (χ3v) is 6.61. The first-order valence-corrected chi connectivity index (χ1v) is 10.6. The maximum Gasteiger partial charge on any atom is 0.326 e. The van der Waals surface area contributed by atoms with E-state index in [9.17, 15) is 23.1 Å². The van der Waals surface area contributed by atoms with Gasteiger partial charge in [-0.05, 0) is 44.2 Å². The highest BCUT2D eigenvalue weighted by molar-refractivity contribution is 7.89. The number of nitrogens with one attached hydrogen (secondary N) is 1. The van der Waals surface area contributed by atoms with Crippen molar-refractivity contribution in [1.82, 2.24) is 9.62 Å². The number of carbonyl (C=O) groups excluding carboxylic acids is 1. The average molecular weight is 397 g/mol. The maximum atomic E-state index is 12.8. The molecule has 2 rings (SSSR count). The number of aliphatic carboxylic acids is 1. The van der Waals surface area contributed by atoms with E-state index in [2.05, 4.69) is 5.32 Å². The van der Waals surface area contributed by atoms with E-state index in [1.807, 2.05) is 20.8 Å². The highest BCUT2D eigenvalue weighted by Gasteiger charge is 2.34. The molecule has 0 spiro atoms. The highest BCUT2D eigenvalue weighted by atomic mass is 32.2. The number of benzene rings is 1. The molecule has 1 amide bonds. The summed E-state index contributed by atoms with van der Waals surface area (Å²) in [5.74, 6) is -1.90. The van der Waals surface area contributed by atoms with Crippen LogP contribution in [0.4, 0.5) is 0 Å². The van der Waals surface area contributed by atoms with Gasteiger partial charge in [-0.15, -0.1) is 0 Å². The molecule has 1 aliphatic heterocycles. The van der Waals surface area contributed by atoms with Crippen LogP contribution in [-0.2, 0) is 19.6 Å². The summed E-state index contributed by atoms with van der Waals surface area (Å²) in [6.07, 6.45) is 1.43. The van der Waals surface area contributed by atoms with Crippen molar-refractivity contribution in [3.8, 4) is 0 Å². The fraction of sp³-hybridized carbons (Fsp3) is 0.579. The molecule has 1 fully saturated rings. The Kier molecular flexibility index (Phi) is 7.00. The van der Waals surface area contributed by atoms with Crippen molar-refractivity contribution >= 4 is 21.9 Å². The van der Waals surface area contributed by atoms with Gasteiger partial charge in [0.15, 0.2) is 0 Å². The second-order valence-corrected chi connectivity index (χ2v) is 9.48. The molecule has 1 aromatic rings. The third kappa shape index (κ3) is 5.52. The first kappa shape index (κ1) is 21.4. The quantitative estimate of drug-likeness (QED) is 0.734. The molecule has 0 aromatic heterocycles. The molecule has 1 aliphatic rings. The van der Waals surface area contributed by atoms with Crippen LogP contribution in [0.1, 0.15) is 38.7 Å². The molecular weight excluding hydrogens is 368 g/mol. The number of hydrogen-bond donors (Lipinski definition) is 2. The monoisotopic (exact) mass is 396 g/mol. The van der Waals surface area contributed by atoms with Gasteiger partial charge in [0.05, 0.1) is 10.8 Å². The largest absolute Gasteiger partial charge is 0.480 e. The van der Waals surface area contributed by atoms with Crippen molar-refractivity contribution < 1.29 is 23.1 Å². The van der Waals surface area contributed by atoms with Crippen molar-refractivity contribution in [2.24, 2.45) is 11.8 Å². The molecule has 1 aromatic carbocycles. The van der Waals surface area contributed by atoms with E-state index in [1.165, 1.54) is 4.31 Å². The van der Waals surface area contributed by atoms with E-state index in [1.54, 1.807) is 24.3 Å². The molecule has 0 saturated carbocycles. The summed E-state index contributed by atoms with van der Waals surface area (Å²) in [4.78, 5) is 24.1. The van der Waals surface area contributed by atoms with Gasteiger partial charge in [-0.1, -0.05) is 31.5 Å². The van der Waals surface area contributed by atoms with E-state index < -0.39 is 33.9 Å². The van der Waals surface area contributed by atoms with Gasteiger partial charge in [0.25, 0.3) is 0 Å². The lowest BCUT2D eigenvalue weighted by Crippen LogP contribution is -2.49. The number of nitrogens with zero attached hydrogens (tertiary/aromatic N) is 1. The fourth-order valence-electron chi connectivity index (χ4n) is 3.22. The number of carbonyl (C=O) groups is 2.